The summed E-state index contributed by atoms with van der Waals surface area (Å²) in [6.07, 6.45) is 0.813. The van der Waals surface area contributed by atoms with Crippen LogP contribution in [-0.4, -0.2) is 24.1 Å². The summed E-state index contributed by atoms with van der Waals surface area (Å²) in [5.74, 6) is -0.226. The largest absolute Gasteiger partial charge is 0.507 e. The van der Waals surface area contributed by atoms with Crippen LogP contribution in [0.3, 0.4) is 0 Å². The first-order valence-corrected chi connectivity index (χ1v) is 7.03. The van der Waals surface area contributed by atoms with Gasteiger partial charge in [-0.3, -0.25) is 4.79 Å². The van der Waals surface area contributed by atoms with E-state index >= 15 is 0 Å². The smallest absolute Gasteiger partial charge is 0.255 e. The zero-order chi connectivity index (χ0) is 15.1. The first-order valence-electron chi connectivity index (χ1n) is 7.03. The van der Waals surface area contributed by atoms with Crippen molar-refractivity contribution in [2.45, 2.75) is 13.3 Å². The van der Waals surface area contributed by atoms with Gasteiger partial charge in [0, 0.05) is 18.8 Å². The molecule has 0 aliphatic rings. The van der Waals surface area contributed by atoms with E-state index in [2.05, 4.69) is 10.6 Å². The van der Waals surface area contributed by atoms with Crippen LogP contribution in [0.4, 0.5) is 5.69 Å². The van der Waals surface area contributed by atoms with E-state index in [0.717, 1.165) is 24.2 Å². The molecule has 0 aromatic heterocycles. The fourth-order valence-corrected chi connectivity index (χ4v) is 2.01. The second-order valence-electron chi connectivity index (χ2n) is 4.92. The number of amides is 1. The topological polar surface area (TPSA) is 61.4 Å². The molecule has 110 valence electrons. The summed E-state index contributed by atoms with van der Waals surface area (Å²) < 4.78 is 0. The van der Waals surface area contributed by atoms with Gasteiger partial charge in [-0.25, -0.2) is 0 Å². The lowest BCUT2D eigenvalue weighted by Gasteiger charge is -2.09. The molecule has 2 aromatic carbocycles. The maximum Gasteiger partial charge on any atom is 0.255 e. The first-order chi connectivity index (χ1) is 10.2. The number of rotatable bonds is 6. The van der Waals surface area contributed by atoms with E-state index < -0.39 is 0 Å². The van der Waals surface area contributed by atoms with E-state index in [-0.39, 0.29) is 11.7 Å². The average molecular weight is 284 g/mol. The van der Waals surface area contributed by atoms with Crippen LogP contribution in [0.1, 0.15) is 22.3 Å². The van der Waals surface area contributed by atoms with Crippen molar-refractivity contribution in [2.75, 3.05) is 18.4 Å². The minimum Gasteiger partial charge on any atom is -0.507 e. The lowest BCUT2D eigenvalue weighted by Crippen LogP contribution is -2.26. The molecule has 0 saturated carbocycles. The van der Waals surface area contributed by atoms with Crippen LogP contribution in [0.5, 0.6) is 5.75 Å². The number of phenols is 1. The third-order valence-corrected chi connectivity index (χ3v) is 3.14. The quantitative estimate of drug-likeness (QED) is 0.715. The lowest BCUT2D eigenvalue weighted by molar-refractivity contribution is 0.0951. The third-order valence-electron chi connectivity index (χ3n) is 3.14. The van der Waals surface area contributed by atoms with E-state index in [1.165, 1.54) is 0 Å². The zero-order valence-corrected chi connectivity index (χ0v) is 12.1. The van der Waals surface area contributed by atoms with Gasteiger partial charge in [-0.15, -0.1) is 0 Å². The number of para-hydroxylation sites is 1. The number of nitrogens with one attached hydrogen (secondary N) is 2. The first kappa shape index (κ1) is 14.9. The van der Waals surface area contributed by atoms with Crippen molar-refractivity contribution < 1.29 is 9.90 Å². The molecule has 0 saturated heterocycles. The van der Waals surface area contributed by atoms with Gasteiger partial charge in [-0.1, -0.05) is 29.8 Å². The van der Waals surface area contributed by atoms with E-state index in [1.54, 1.807) is 18.2 Å². The minimum atomic E-state index is -0.240. The van der Waals surface area contributed by atoms with Crippen molar-refractivity contribution in [1.82, 2.24) is 5.32 Å². The average Bonchev–Trinajstić information content (AvgIpc) is 2.50. The summed E-state index contributed by atoms with van der Waals surface area (Å²) in [4.78, 5) is 12.0. The normalized spacial score (nSPS) is 10.1. The Bertz CT molecular complexity index is 597. The van der Waals surface area contributed by atoms with E-state index in [0.29, 0.717) is 12.1 Å². The summed E-state index contributed by atoms with van der Waals surface area (Å²) >= 11 is 0. The highest BCUT2D eigenvalue weighted by molar-refractivity contribution is 5.96. The number of benzene rings is 2. The van der Waals surface area contributed by atoms with Gasteiger partial charge in [0.15, 0.2) is 0 Å². The van der Waals surface area contributed by atoms with Gasteiger partial charge in [0.25, 0.3) is 5.91 Å². The molecule has 4 heteroatoms. The Morgan fingerprint density at radius 1 is 1.10 bits per heavy atom. The van der Waals surface area contributed by atoms with Crippen molar-refractivity contribution in [3.63, 3.8) is 0 Å². The van der Waals surface area contributed by atoms with E-state index in [9.17, 15) is 9.90 Å². The van der Waals surface area contributed by atoms with Crippen LogP contribution in [0.15, 0.2) is 48.5 Å². The molecule has 0 aliphatic carbocycles. The second-order valence-corrected chi connectivity index (χ2v) is 4.92. The van der Waals surface area contributed by atoms with E-state index in [4.69, 9.17) is 0 Å². The number of carbonyl (C=O) groups excluding carboxylic acids is 1. The van der Waals surface area contributed by atoms with Crippen molar-refractivity contribution >= 4 is 11.6 Å². The molecule has 0 heterocycles. The molecule has 0 unspecified atom stereocenters. The maximum absolute atomic E-state index is 12.0. The number of carbonyl (C=O) groups is 1. The molecule has 0 spiro atoms. The molecule has 2 aromatic rings. The van der Waals surface area contributed by atoms with Crippen molar-refractivity contribution in [3.05, 3.63) is 59.7 Å². The number of aryl methyl sites for hydroxylation is 1. The van der Waals surface area contributed by atoms with Crippen LogP contribution in [-0.2, 0) is 0 Å². The third kappa shape index (κ3) is 4.53. The number of hydrogen-bond acceptors (Lipinski definition) is 3. The Hall–Kier alpha value is -2.49. The minimum absolute atomic E-state index is 0.0144. The van der Waals surface area contributed by atoms with Crippen LogP contribution >= 0.6 is 0 Å². The molecular formula is C17H20N2O2. The molecule has 0 radical (unpaired) electrons. The van der Waals surface area contributed by atoms with Gasteiger partial charge in [-0.2, -0.15) is 0 Å². The summed E-state index contributed by atoms with van der Waals surface area (Å²) in [7, 11) is 0. The van der Waals surface area contributed by atoms with Gasteiger partial charge >= 0.3 is 0 Å². The summed E-state index contributed by atoms with van der Waals surface area (Å²) in [6.45, 7) is 3.23. The maximum atomic E-state index is 12.0. The fraction of sp³-hybridized carbons (Fsp3) is 0.235. The lowest BCUT2D eigenvalue weighted by atomic mass is 10.1. The van der Waals surface area contributed by atoms with Crippen LogP contribution < -0.4 is 10.6 Å². The predicted octanol–water partition coefficient (Wildman–Crippen LogP) is 2.93. The summed E-state index contributed by atoms with van der Waals surface area (Å²) in [5, 5.41) is 15.8. The van der Waals surface area contributed by atoms with Crippen molar-refractivity contribution in [1.29, 1.82) is 0 Å². The number of hydrogen-bond donors (Lipinski definition) is 3. The Morgan fingerprint density at radius 3 is 2.62 bits per heavy atom. The monoisotopic (exact) mass is 284 g/mol. The van der Waals surface area contributed by atoms with Gasteiger partial charge in [0.2, 0.25) is 0 Å². The molecule has 21 heavy (non-hydrogen) atoms. The Balaban J connectivity index is 1.73. The number of phenolic OH excluding ortho intramolecular Hbond substituents is 1. The van der Waals surface area contributed by atoms with Gasteiger partial charge in [0.1, 0.15) is 5.75 Å². The molecule has 4 nitrogen and oxygen atoms in total. The zero-order valence-electron chi connectivity index (χ0n) is 12.1. The molecule has 1 amide bonds. The Labute approximate surface area is 124 Å². The molecule has 0 fully saturated rings. The SMILES string of the molecule is Cc1ccc(O)c(C(=O)NCCCNc2ccccc2)c1. The molecular weight excluding hydrogens is 264 g/mol. The molecule has 0 bridgehead atoms. The summed E-state index contributed by atoms with van der Waals surface area (Å²) in [6, 6.07) is 14.9. The molecule has 0 aliphatic heterocycles. The van der Waals surface area contributed by atoms with Gasteiger partial charge in [0.05, 0.1) is 5.56 Å². The highest BCUT2D eigenvalue weighted by atomic mass is 16.3. The molecule has 0 atom stereocenters. The standard InChI is InChI=1S/C17H20N2O2/c1-13-8-9-16(20)15(12-13)17(21)19-11-5-10-18-14-6-3-2-4-7-14/h2-4,6-9,12,18,20H,5,10-11H2,1H3,(H,19,21). The fourth-order valence-electron chi connectivity index (χ4n) is 2.01. The van der Waals surface area contributed by atoms with Crippen LogP contribution in [0.25, 0.3) is 0 Å². The summed E-state index contributed by atoms with van der Waals surface area (Å²) in [5.41, 5.74) is 2.34. The van der Waals surface area contributed by atoms with Gasteiger partial charge in [-0.05, 0) is 37.6 Å². The van der Waals surface area contributed by atoms with Crippen molar-refractivity contribution in [3.8, 4) is 5.75 Å². The Morgan fingerprint density at radius 2 is 1.86 bits per heavy atom. The predicted molar refractivity (Wildman–Crippen MR) is 84.7 cm³/mol. The Kier molecular flexibility index (Phi) is 5.21. The number of anilines is 1. The second kappa shape index (κ2) is 7.33. The van der Waals surface area contributed by atoms with E-state index in [1.807, 2.05) is 37.3 Å². The molecule has 2 rings (SSSR count). The molecule has 3 N–H and O–H groups in total. The van der Waals surface area contributed by atoms with Crippen molar-refractivity contribution in [2.24, 2.45) is 0 Å². The van der Waals surface area contributed by atoms with Crippen LogP contribution in [0.2, 0.25) is 0 Å². The van der Waals surface area contributed by atoms with Gasteiger partial charge < -0.3 is 15.7 Å². The van der Waals surface area contributed by atoms with Crippen LogP contribution in [0, 0.1) is 6.92 Å². The highest BCUT2D eigenvalue weighted by Crippen LogP contribution is 2.17. The highest BCUT2D eigenvalue weighted by Gasteiger charge is 2.10. The number of aromatic hydroxyl groups is 1.